The first-order chi connectivity index (χ1) is 28.4. The molecule has 0 saturated carbocycles. The van der Waals surface area contributed by atoms with Crippen molar-refractivity contribution in [3.8, 4) is 67.3 Å². The van der Waals surface area contributed by atoms with Crippen LogP contribution in [0.3, 0.4) is 0 Å². The van der Waals surface area contributed by atoms with E-state index in [0.717, 1.165) is 33.9 Å². The van der Waals surface area contributed by atoms with Crippen LogP contribution in [0.2, 0.25) is 0 Å². The first kappa shape index (κ1) is 34.7. The van der Waals surface area contributed by atoms with Gasteiger partial charge in [0.2, 0.25) is 0 Å². The second-order valence-electron chi connectivity index (χ2n) is 16.2. The zero-order chi connectivity index (χ0) is 39.3. The van der Waals surface area contributed by atoms with Crippen LogP contribution < -0.4 is 27.3 Å². The summed E-state index contributed by atoms with van der Waals surface area (Å²) < 4.78 is 0. The van der Waals surface area contributed by atoms with E-state index < -0.39 is 5.41 Å². The summed E-state index contributed by atoms with van der Waals surface area (Å²) in [5.41, 5.74) is 24.0. The number of aromatic nitrogens is 2. The van der Waals surface area contributed by atoms with Crippen molar-refractivity contribution in [2.45, 2.75) is 5.41 Å². The van der Waals surface area contributed by atoms with E-state index >= 15 is 0 Å². The summed E-state index contributed by atoms with van der Waals surface area (Å²) in [7, 11) is 11.2. The van der Waals surface area contributed by atoms with Crippen LogP contribution in [-0.2, 0) is 5.41 Å². The number of nitrogens with zero attached hydrogens (tertiary/aromatic N) is 2. The van der Waals surface area contributed by atoms with Gasteiger partial charge in [0.1, 0.15) is 39.2 Å². The molecule has 1 aromatic heterocycles. The van der Waals surface area contributed by atoms with Crippen molar-refractivity contribution in [2.24, 2.45) is 0 Å². The molecule has 266 valence electrons. The Hall–Kier alpha value is -6.58. The monoisotopic (exact) mass is 732 g/mol. The van der Waals surface area contributed by atoms with Crippen LogP contribution >= 0.6 is 0 Å². The van der Waals surface area contributed by atoms with E-state index in [1.165, 1.54) is 93.7 Å². The van der Waals surface area contributed by atoms with Crippen LogP contribution in [-0.4, -0.2) is 49.2 Å². The lowest BCUT2D eigenvalue weighted by atomic mass is 9.60. The highest BCUT2D eigenvalue weighted by Gasteiger charge is 2.52. The quantitative estimate of drug-likeness (QED) is 0.257. The molecule has 58 heavy (non-hydrogen) atoms. The number of hydrogen-bond acceptors (Lipinski definition) is 2. The van der Waals surface area contributed by atoms with Crippen LogP contribution in [0, 0.1) is 0 Å². The molecule has 1 heterocycles. The standard InChI is InChI=1S/C51H37B5N2/c52-45-44(46(53)48(55)49(56)47(45)54)41-27-40(57-50(58-41)31-16-10-15-30(26-31)28-12-2-1-3-13-28)35-20-11-23-38-43(35)34-19-7-9-22-37(34)51(38)36-21-8-6-18-33(36)42-32-17-5-4-14-29(32)24-25-39(42)51/h1-27H,52-56H2. The SMILES string of the molecule is Bc1c(B)c(B)c(-c2cc(-c3cccc4c3-c3ccccc3C43c4ccccc4-c4c3ccc3ccccc43)nc(-c3cccc(-c4ccccc4)c3)n2)c(B)c1B. The summed E-state index contributed by atoms with van der Waals surface area (Å²) in [6.45, 7) is 0. The van der Waals surface area contributed by atoms with E-state index in [9.17, 15) is 0 Å². The van der Waals surface area contributed by atoms with Crippen LogP contribution in [0.25, 0.3) is 78.1 Å². The Kier molecular flexibility index (Phi) is 7.75. The van der Waals surface area contributed by atoms with Crippen molar-refractivity contribution < 1.29 is 0 Å². The number of fused-ring (bicyclic) bond motifs is 12. The van der Waals surface area contributed by atoms with Crippen molar-refractivity contribution in [2.75, 3.05) is 0 Å². The molecule has 1 unspecified atom stereocenters. The van der Waals surface area contributed by atoms with Crippen molar-refractivity contribution in [1.82, 2.24) is 9.97 Å². The second kappa shape index (κ2) is 13.0. The minimum atomic E-state index is -0.473. The summed E-state index contributed by atoms with van der Waals surface area (Å²) in [4.78, 5) is 11.0. The lowest BCUT2D eigenvalue weighted by Crippen LogP contribution is -2.55. The van der Waals surface area contributed by atoms with Gasteiger partial charge in [-0.2, -0.15) is 0 Å². The predicted molar refractivity (Wildman–Crippen MR) is 258 cm³/mol. The Bertz CT molecular complexity index is 3170. The molecule has 2 aliphatic carbocycles. The van der Waals surface area contributed by atoms with E-state index in [-0.39, 0.29) is 0 Å². The molecule has 1 spiro atoms. The Balaban J connectivity index is 1.21. The number of rotatable bonds is 4. The van der Waals surface area contributed by atoms with Gasteiger partial charge in [0.15, 0.2) is 5.82 Å². The summed E-state index contributed by atoms with van der Waals surface area (Å²) >= 11 is 0. The zero-order valence-corrected chi connectivity index (χ0v) is 33.5. The lowest BCUT2D eigenvalue weighted by Gasteiger charge is -2.30. The summed E-state index contributed by atoms with van der Waals surface area (Å²) in [6.07, 6.45) is 0. The third-order valence-electron chi connectivity index (χ3n) is 13.5. The largest absolute Gasteiger partial charge is 0.228 e. The number of hydrogen-bond donors (Lipinski definition) is 0. The lowest BCUT2D eigenvalue weighted by molar-refractivity contribution is 0.794. The molecule has 1 atom stereocenters. The van der Waals surface area contributed by atoms with Gasteiger partial charge in [0.05, 0.1) is 16.8 Å². The molecule has 11 rings (SSSR count). The van der Waals surface area contributed by atoms with E-state index in [0.29, 0.717) is 0 Å². The summed E-state index contributed by atoms with van der Waals surface area (Å²) in [5, 5.41) is 2.56. The maximum Gasteiger partial charge on any atom is 0.160 e. The Morgan fingerprint density at radius 2 is 0.879 bits per heavy atom. The molecule has 2 aliphatic rings. The topological polar surface area (TPSA) is 25.8 Å². The highest BCUT2D eigenvalue weighted by molar-refractivity contribution is 6.68. The smallest absolute Gasteiger partial charge is 0.160 e. The van der Waals surface area contributed by atoms with Crippen LogP contribution in [0.4, 0.5) is 0 Å². The zero-order valence-electron chi connectivity index (χ0n) is 33.5. The van der Waals surface area contributed by atoms with E-state index in [1.807, 2.05) is 0 Å². The van der Waals surface area contributed by atoms with Crippen LogP contribution in [0.1, 0.15) is 22.3 Å². The van der Waals surface area contributed by atoms with Gasteiger partial charge < -0.3 is 0 Å². The molecule has 7 heteroatoms. The van der Waals surface area contributed by atoms with Crippen molar-refractivity contribution in [3.63, 3.8) is 0 Å². The molecule has 0 aliphatic heterocycles. The molecule has 0 fully saturated rings. The van der Waals surface area contributed by atoms with Gasteiger partial charge in [0.25, 0.3) is 0 Å². The normalized spacial score (nSPS) is 14.6. The van der Waals surface area contributed by atoms with E-state index in [4.69, 9.17) is 9.97 Å². The minimum Gasteiger partial charge on any atom is -0.228 e. The van der Waals surface area contributed by atoms with Gasteiger partial charge in [-0.3, -0.25) is 0 Å². The van der Waals surface area contributed by atoms with Gasteiger partial charge in [-0.15, -0.1) is 16.4 Å². The van der Waals surface area contributed by atoms with Crippen LogP contribution in [0.5, 0.6) is 0 Å². The van der Waals surface area contributed by atoms with Crippen LogP contribution in [0.15, 0.2) is 164 Å². The van der Waals surface area contributed by atoms with Gasteiger partial charge in [-0.25, -0.2) is 9.97 Å². The van der Waals surface area contributed by atoms with Gasteiger partial charge in [0, 0.05) is 11.1 Å². The van der Waals surface area contributed by atoms with Gasteiger partial charge in [-0.05, 0) is 84.1 Å². The van der Waals surface area contributed by atoms with Crippen molar-refractivity contribution >= 4 is 77.3 Å². The fraction of sp³-hybridized carbons (Fsp3) is 0.0196. The maximum absolute atomic E-state index is 5.54. The summed E-state index contributed by atoms with van der Waals surface area (Å²) in [5.74, 6) is 0.724. The van der Waals surface area contributed by atoms with Gasteiger partial charge in [-0.1, -0.05) is 163 Å². The molecule has 0 saturated heterocycles. The summed E-state index contributed by atoms with van der Waals surface area (Å²) in [6, 6.07) is 60.1. The van der Waals surface area contributed by atoms with Crippen molar-refractivity contribution in [3.05, 3.63) is 186 Å². The predicted octanol–water partition coefficient (Wildman–Crippen LogP) is 3.93. The fourth-order valence-electron chi connectivity index (χ4n) is 10.4. The average Bonchev–Trinajstić information content (AvgIpc) is 3.76. The molecule has 0 N–H and O–H groups in total. The fourth-order valence-corrected chi connectivity index (χ4v) is 10.4. The molecular weight excluding hydrogens is 695 g/mol. The molecular formula is C51H37B5N2. The molecule has 0 bridgehead atoms. The maximum atomic E-state index is 5.54. The van der Waals surface area contributed by atoms with E-state index in [2.05, 4.69) is 203 Å². The minimum absolute atomic E-state index is 0.473. The molecule has 2 nitrogen and oxygen atoms in total. The second-order valence-corrected chi connectivity index (χ2v) is 16.2. The molecule has 8 aromatic carbocycles. The van der Waals surface area contributed by atoms with Gasteiger partial charge >= 0.3 is 0 Å². The molecule has 9 aromatic rings. The first-order valence-corrected chi connectivity index (χ1v) is 20.3. The third kappa shape index (κ3) is 4.80. The highest BCUT2D eigenvalue weighted by atomic mass is 14.9. The first-order valence-electron chi connectivity index (χ1n) is 20.3. The van der Waals surface area contributed by atoms with Crippen molar-refractivity contribution in [1.29, 1.82) is 0 Å². The molecule has 0 amide bonds. The Morgan fingerprint density at radius 3 is 1.64 bits per heavy atom. The Labute approximate surface area is 344 Å². The van der Waals surface area contributed by atoms with E-state index in [1.54, 1.807) is 0 Å². The average molecular weight is 732 g/mol. The highest BCUT2D eigenvalue weighted by Crippen LogP contribution is 2.64. The number of benzene rings is 8. The third-order valence-corrected chi connectivity index (χ3v) is 13.5. The molecule has 0 radical (unpaired) electrons. The Morgan fingerprint density at radius 1 is 0.345 bits per heavy atom.